The molecule has 3 aromatic rings. The Balaban J connectivity index is 1.65. The number of aromatic nitrogens is 2. The van der Waals surface area contributed by atoms with Crippen molar-refractivity contribution in [3.63, 3.8) is 0 Å². The quantitative estimate of drug-likeness (QED) is 0.660. The predicted molar refractivity (Wildman–Crippen MR) is 95.2 cm³/mol. The van der Waals surface area contributed by atoms with E-state index in [0.29, 0.717) is 16.7 Å². The van der Waals surface area contributed by atoms with Crippen LogP contribution in [0.25, 0.3) is 5.69 Å². The number of carbonyl (C=O) groups excluding carboxylic acids is 2. The van der Waals surface area contributed by atoms with Gasteiger partial charge >= 0.3 is 11.9 Å². The van der Waals surface area contributed by atoms with Crippen molar-refractivity contribution >= 4 is 11.9 Å². The molecule has 0 saturated carbocycles. The van der Waals surface area contributed by atoms with E-state index >= 15 is 0 Å². The van der Waals surface area contributed by atoms with Crippen LogP contribution in [-0.4, -0.2) is 28.8 Å². The first-order valence-corrected chi connectivity index (χ1v) is 8.04. The van der Waals surface area contributed by atoms with Gasteiger partial charge in [-0.05, 0) is 55.0 Å². The molecule has 0 spiro atoms. The van der Waals surface area contributed by atoms with Crippen LogP contribution in [0, 0.1) is 6.92 Å². The summed E-state index contributed by atoms with van der Waals surface area (Å²) in [4.78, 5) is 23.8. The van der Waals surface area contributed by atoms with Crippen molar-refractivity contribution < 1.29 is 19.1 Å². The second-order valence-corrected chi connectivity index (χ2v) is 5.70. The summed E-state index contributed by atoms with van der Waals surface area (Å²) in [6.07, 6.45) is 1.72. The van der Waals surface area contributed by atoms with Crippen LogP contribution in [0.2, 0.25) is 0 Å². The molecule has 26 heavy (non-hydrogen) atoms. The lowest BCUT2D eigenvalue weighted by atomic mass is 10.1. The Bertz CT molecular complexity index is 929. The van der Waals surface area contributed by atoms with Gasteiger partial charge in [-0.25, -0.2) is 14.3 Å². The van der Waals surface area contributed by atoms with Crippen molar-refractivity contribution in [1.29, 1.82) is 0 Å². The van der Waals surface area contributed by atoms with Gasteiger partial charge < -0.3 is 9.47 Å². The minimum atomic E-state index is -0.433. The van der Waals surface area contributed by atoms with Crippen LogP contribution in [0.3, 0.4) is 0 Å². The molecule has 3 rings (SSSR count). The lowest BCUT2D eigenvalue weighted by molar-refractivity contribution is 0.0472. The number of aryl methyl sites for hydroxylation is 1. The molecular weight excluding hydrogens is 332 g/mol. The second-order valence-electron chi connectivity index (χ2n) is 5.70. The Morgan fingerprint density at radius 2 is 1.77 bits per heavy atom. The van der Waals surface area contributed by atoms with Crippen LogP contribution in [0.1, 0.15) is 32.0 Å². The van der Waals surface area contributed by atoms with Crippen molar-refractivity contribution in [2.45, 2.75) is 13.5 Å². The third-order valence-corrected chi connectivity index (χ3v) is 3.90. The van der Waals surface area contributed by atoms with Gasteiger partial charge in [0.2, 0.25) is 0 Å². The van der Waals surface area contributed by atoms with E-state index in [0.717, 1.165) is 11.4 Å². The lowest BCUT2D eigenvalue weighted by Crippen LogP contribution is -2.07. The zero-order valence-electron chi connectivity index (χ0n) is 14.5. The number of hydrogen-bond donors (Lipinski definition) is 0. The van der Waals surface area contributed by atoms with E-state index in [2.05, 4.69) is 9.84 Å². The van der Waals surface area contributed by atoms with Crippen LogP contribution in [0.15, 0.2) is 60.8 Å². The minimum absolute atomic E-state index is 0.0731. The van der Waals surface area contributed by atoms with Gasteiger partial charge in [0, 0.05) is 11.9 Å². The van der Waals surface area contributed by atoms with Gasteiger partial charge in [-0.15, -0.1) is 0 Å². The highest BCUT2D eigenvalue weighted by Gasteiger charge is 2.10. The highest BCUT2D eigenvalue weighted by Crippen LogP contribution is 2.13. The van der Waals surface area contributed by atoms with E-state index in [1.165, 1.54) is 7.11 Å². The summed E-state index contributed by atoms with van der Waals surface area (Å²) in [5, 5.41) is 4.23. The standard InChI is InChI=1S/C20H18N2O4/c1-14-10-11-21-22(14)18-8-6-16(7-9-18)20(24)26-13-15-4-3-5-17(12-15)19(23)25-2/h3-12H,13H2,1-2H3. The molecule has 0 saturated heterocycles. The van der Waals surface area contributed by atoms with Crippen LogP contribution in [-0.2, 0) is 16.1 Å². The van der Waals surface area contributed by atoms with Gasteiger partial charge in [-0.1, -0.05) is 12.1 Å². The topological polar surface area (TPSA) is 70.4 Å². The van der Waals surface area contributed by atoms with Crippen molar-refractivity contribution in [3.8, 4) is 5.69 Å². The summed E-state index contributed by atoms with van der Waals surface area (Å²) >= 11 is 0. The van der Waals surface area contributed by atoms with Crippen molar-refractivity contribution in [2.24, 2.45) is 0 Å². The maximum Gasteiger partial charge on any atom is 0.338 e. The van der Waals surface area contributed by atoms with Gasteiger partial charge in [0.05, 0.1) is 23.9 Å². The Labute approximate surface area is 151 Å². The van der Waals surface area contributed by atoms with Gasteiger partial charge in [-0.2, -0.15) is 5.10 Å². The maximum absolute atomic E-state index is 12.2. The molecule has 0 amide bonds. The van der Waals surface area contributed by atoms with Gasteiger partial charge in [0.25, 0.3) is 0 Å². The summed E-state index contributed by atoms with van der Waals surface area (Å²) < 4.78 is 11.8. The monoisotopic (exact) mass is 350 g/mol. The van der Waals surface area contributed by atoms with Crippen LogP contribution in [0.5, 0.6) is 0 Å². The fraction of sp³-hybridized carbons (Fsp3) is 0.150. The number of nitrogens with zero attached hydrogens (tertiary/aromatic N) is 2. The Morgan fingerprint density at radius 1 is 1.00 bits per heavy atom. The molecule has 0 aliphatic heterocycles. The first kappa shape index (κ1) is 17.4. The first-order chi connectivity index (χ1) is 12.6. The smallest absolute Gasteiger partial charge is 0.338 e. The van der Waals surface area contributed by atoms with E-state index in [-0.39, 0.29) is 6.61 Å². The Hall–Kier alpha value is -3.41. The largest absolute Gasteiger partial charge is 0.465 e. The fourth-order valence-electron chi connectivity index (χ4n) is 2.52. The van der Waals surface area contributed by atoms with Gasteiger partial charge in [0.1, 0.15) is 6.61 Å². The van der Waals surface area contributed by atoms with E-state index in [1.54, 1.807) is 47.3 Å². The SMILES string of the molecule is COC(=O)c1cccc(COC(=O)c2ccc(-n3nccc3C)cc2)c1. The highest BCUT2D eigenvalue weighted by atomic mass is 16.5. The Kier molecular flexibility index (Phi) is 5.12. The molecule has 0 N–H and O–H groups in total. The number of rotatable bonds is 5. The number of ether oxygens (including phenoxy) is 2. The third-order valence-electron chi connectivity index (χ3n) is 3.90. The van der Waals surface area contributed by atoms with Crippen LogP contribution in [0.4, 0.5) is 0 Å². The summed E-state index contributed by atoms with van der Waals surface area (Å²) in [6, 6.07) is 15.7. The average molecular weight is 350 g/mol. The molecule has 132 valence electrons. The fourth-order valence-corrected chi connectivity index (χ4v) is 2.52. The molecule has 0 aliphatic rings. The molecule has 6 nitrogen and oxygen atoms in total. The van der Waals surface area contributed by atoms with E-state index in [9.17, 15) is 9.59 Å². The zero-order valence-corrected chi connectivity index (χ0v) is 14.5. The van der Waals surface area contributed by atoms with Crippen molar-refractivity contribution in [1.82, 2.24) is 9.78 Å². The molecule has 0 atom stereocenters. The van der Waals surface area contributed by atoms with Crippen molar-refractivity contribution in [2.75, 3.05) is 7.11 Å². The normalized spacial score (nSPS) is 10.4. The van der Waals surface area contributed by atoms with Crippen LogP contribution >= 0.6 is 0 Å². The molecule has 6 heteroatoms. The number of carbonyl (C=O) groups is 2. The van der Waals surface area contributed by atoms with Crippen molar-refractivity contribution in [3.05, 3.63) is 83.2 Å². The molecule has 0 fully saturated rings. The number of methoxy groups -OCH3 is 1. The maximum atomic E-state index is 12.2. The van der Waals surface area contributed by atoms with Gasteiger partial charge in [0.15, 0.2) is 0 Å². The summed E-state index contributed by atoms with van der Waals surface area (Å²) in [5.41, 5.74) is 3.45. The third kappa shape index (κ3) is 3.80. The molecular formula is C20H18N2O4. The summed E-state index contributed by atoms with van der Waals surface area (Å²) in [7, 11) is 1.32. The summed E-state index contributed by atoms with van der Waals surface area (Å²) in [6.45, 7) is 2.03. The minimum Gasteiger partial charge on any atom is -0.465 e. The summed E-state index contributed by atoms with van der Waals surface area (Å²) in [5.74, 6) is -0.861. The predicted octanol–water partition coefficient (Wildman–Crippen LogP) is 3.32. The van der Waals surface area contributed by atoms with E-state index < -0.39 is 11.9 Å². The number of benzene rings is 2. The van der Waals surface area contributed by atoms with E-state index in [1.807, 2.05) is 25.1 Å². The Morgan fingerprint density at radius 3 is 2.42 bits per heavy atom. The first-order valence-electron chi connectivity index (χ1n) is 8.04. The number of esters is 2. The second kappa shape index (κ2) is 7.65. The molecule has 2 aromatic carbocycles. The number of hydrogen-bond acceptors (Lipinski definition) is 5. The zero-order chi connectivity index (χ0) is 18.5. The molecule has 0 aliphatic carbocycles. The molecule has 0 radical (unpaired) electrons. The van der Waals surface area contributed by atoms with E-state index in [4.69, 9.17) is 4.74 Å². The van der Waals surface area contributed by atoms with Gasteiger partial charge in [-0.3, -0.25) is 0 Å². The molecule has 1 heterocycles. The van der Waals surface area contributed by atoms with Crippen LogP contribution < -0.4 is 0 Å². The average Bonchev–Trinajstić information content (AvgIpc) is 3.11. The lowest BCUT2D eigenvalue weighted by Gasteiger charge is -2.08. The molecule has 1 aromatic heterocycles. The highest BCUT2D eigenvalue weighted by molar-refractivity contribution is 5.90. The molecule has 0 bridgehead atoms. The molecule has 0 unspecified atom stereocenters.